The summed E-state index contributed by atoms with van der Waals surface area (Å²) >= 11 is 3.38. The number of rotatable bonds is 8. The molecule has 2 N–H and O–H groups in total. The smallest absolute Gasteiger partial charge is 0.408 e. The maximum absolute atomic E-state index is 13.3. The molecule has 0 bridgehead atoms. The number of aliphatic hydroxyl groups is 1. The monoisotopic (exact) mass is 449 g/mol. The van der Waals surface area contributed by atoms with Gasteiger partial charge in [-0.3, -0.25) is 4.90 Å². The van der Waals surface area contributed by atoms with Gasteiger partial charge < -0.3 is 10.2 Å². The van der Waals surface area contributed by atoms with Gasteiger partial charge in [-0.2, -0.15) is 0 Å². The molecule has 0 aliphatic rings. The fraction of sp³-hybridized carbons (Fsp3) is 0.318. The summed E-state index contributed by atoms with van der Waals surface area (Å²) in [5.41, 5.74) is 0.0379. The lowest BCUT2D eigenvalue weighted by molar-refractivity contribution is -0.000498. The first-order chi connectivity index (χ1) is 13.2. The van der Waals surface area contributed by atoms with Crippen LogP contribution in [0.5, 0.6) is 0 Å². The van der Waals surface area contributed by atoms with Crippen molar-refractivity contribution in [1.82, 2.24) is 4.90 Å². The van der Waals surface area contributed by atoms with Gasteiger partial charge in [0.1, 0.15) is 5.82 Å². The predicted octanol–water partition coefficient (Wildman–Crippen LogP) is 5.87. The van der Waals surface area contributed by atoms with Crippen LogP contribution in [0, 0.1) is 5.82 Å². The first-order valence-corrected chi connectivity index (χ1v) is 9.83. The van der Waals surface area contributed by atoms with Crippen molar-refractivity contribution in [3.8, 4) is 0 Å². The van der Waals surface area contributed by atoms with E-state index in [1.165, 1.54) is 29.2 Å². The van der Waals surface area contributed by atoms with E-state index < -0.39 is 29.6 Å². The van der Waals surface area contributed by atoms with Crippen molar-refractivity contribution in [2.45, 2.75) is 44.4 Å². The number of nitrogens with zero attached hydrogens (tertiary/aromatic N) is 1. The van der Waals surface area contributed by atoms with E-state index in [0.717, 1.165) is 10.0 Å². The van der Waals surface area contributed by atoms with E-state index in [-0.39, 0.29) is 12.8 Å². The number of halogens is 2. The average molecular weight is 450 g/mol. The molecule has 0 radical (unpaired) electrons. The molecule has 0 aromatic heterocycles. The molecule has 3 atom stereocenters. The Morgan fingerprint density at radius 3 is 2.29 bits per heavy atom. The Morgan fingerprint density at radius 2 is 1.79 bits per heavy atom. The Labute approximate surface area is 173 Å². The van der Waals surface area contributed by atoms with Crippen LogP contribution in [0.15, 0.2) is 65.7 Å². The largest absolute Gasteiger partial charge is 0.465 e. The molecular formula is C22H25BrFNO3. The van der Waals surface area contributed by atoms with Crippen molar-refractivity contribution in [3.05, 3.63) is 82.6 Å². The van der Waals surface area contributed by atoms with E-state index in [1.54, 1.807) is 13.0 Å². The molecule has 150 valence electrons. The lowest BCUT2D eigenvalue weighted by Gasteiger charge is -2.38. The van der Waals surface area contributed by atoms with Gasteiger partial charge in [-0.1, -0.05) is 46.3 Å². The first kappa shape index (κ1) is 22.1. The Bertz CT molecular complexity index is 810. The number of carbonyl (C=O) groups is 1. The zero-order valence-corrected chi connectivity index (χ0v) is 17.6. The van der Waals surface area contributed by atoms with Crippen molar-refractivity contribution >= 4 is 22.0 Å². The van der Waals surface area contributed by atoms with Crippen LogP contribution in [0.1, 0.15) is 43.9 Å². The zero-order valence-electron chi connectivity index (χ0n) is 16.0. The number of amides is 1. The van der Waals surface area contributed by atoms with E-state index in [2.05, 4.69) is 22.5 Å². The van der Waals surface area contributed by atoms with Gasteiger partial charge >= 0.3 is 6.09 Å². The third kappa shape index (κ3) is 5.20. The molecule has 2 aromatic rings. The van der Waals surface area contributed by atoms with Crippen LogP contribution in [0.3, 0.4) is 0 Å². The van der Waals surface area contributed by atoms with Crippen LogP contribution in [0.4, 0.5) is 9.18 Å². The van der Waals surface area contributed by atoms with Crippen molar-refractivity contribution < 1.29 is 19.4 Å². The summed E-state index contributed by atoms with van der Waals surface area (Å²) in [7, 11) is 0. The molecular weight excluding hydrogens is 425 g/mol. The molecule has 28 heavy (non-hydrogen) atoms. The predicted molar refractivity (Wildman–Crippen MR) is 112 cm³/mol. The number of carboxylic acid groups (broad SMARTS) is 1. The lowest BCUT2D eigenvalue weighted by atomic mass is 9.84. The van der Waals surface area contributed by atoms with Crippen LogP contribution in [-0.2, 0) is 5.60 Å². The molecule has 0 aliphatic carbocycles. The Kier molecular flexibility index (Phi) is 7.38. The lowest BCUT2D eigenvalue weighted by Crippen LogP contribution is -2.43. The van der Waals surface area contributed by atoms with Gasteiger partial charge in [0.05, 0.1) is 11.6 Å². The van der Waals surface area contributed by atoms with E-state index >= 15 is 0 Å². The highest BCUT2D eigenvalue weighted by molar-refractivity contribution is 9.10. The van der Waals surface area contributed by atoms with Gasteiger partial charge in [0.15, 0.2) is 0 Å². The quantitative estimate of drug-likeness (QED) is 0.495. The molecule has 0 heterocycles. The minimum Gasteiger partial charge on any atom is -0.465 e. The molecule has 2 aromatic carbocycles. The second kappa shape index (κ2) is 9.34. The van der Waals surface area contributed by atoms with Crippen LogP contribution >= 0.6 is 15.9 Å². The minimum atomic E-state index is -1.35. The molecule has 6 heteroatoms. The second-order valence-corrected chi connectivity index (χ2v) is 7.92. The summed E-state index contributed by atoms with van der Waals surface area (Å²) in [6.45, 7) is 7.28. The summed E-state index contributed by atoms with van der Waals surface area (Å²) in [6.07, 6.45) is 0.892. The molecule has 4 nitrogen and oxygen atoms in total. The molecule has 2 rings (SSSR count). The molecule has 0 aliphatic heterocycles. The standard InChI is InChI=1S/C22H25BrFNO3/c1-4-13-22(28,18-7-11-20(24)12-8-18)14-15(2)25(21(26)27)16(3)17-5-9-19(23)10-6-17/h4-12,15-16,28H,1,13-14H2,2-3H3,(H,26,27). The third-order valence-corrected chi connectivity index (χ3v) is 5.49. The van der Waals surface area contributed by atoms with Crippen LogP contribution in [-0.4, -0.2) is 27.2 Å². The van der Waals surface area contributed by atoms with Crippen molar-refractivity contribution in [2.75, 3.05) is 0 Å². The molecule has 3 unspecified atom stereocenters. The second-order valence-electron chi connectivity index (χ2n) is 7.00. The molecule has 0 saturated heterocycles. The van der Waals surface area contributed by atoms with E-state index in [0.29, 0.717) is 5.56 Å². The summed E-state index contributed by atoms with van der Waals surface area (Å²) in [5, 5.41) is 21.1. The Morgan fingerprint density at radius 1 is 1.21 bits per heavy atom. The number of hydrogen-bond acceptors (Lipinski definition) is 2. The first-order valence-electron chi connectivity index (χ1n) is 9.04. The van der Waals surface area contributed by atoms with Gasteiger partial charge in [0, 0.05) is 16.9 Å². The third-order valence-electron chi connectivity index (χ3n) is 4.96. The van der Waals surface area contributed by atoms with Crippen LogP contribution in [0.25, 0.3) is 0 Å². The average Bonchev–Trinajstić information content (AvgIpc) is 2.62. The number of hydrogen-bond donors (Lipinski definition) is 2. The summed E-state index contributed by atoms with van der Waals surface area (Å²) in [6, 6.07) is 12.2. The highest BCUT2D eigenvalue weighted by Gasteiger charge is 2.35. The maximum Gasteiger partial charge on any atom is 0.408 e. The van der Waals surface area contributed by atoms with Crippen molar-refractivity contribution in [3.63, 3.8) is 0 Å². The fourth-order valence-corrected chi connectivity index (χ4v) is 3.81. The topological polar surface area (TPSA) is 60.8 Å². The van der Waals surface area contributed by atoms with E-state index in [4.69, 9.17) is 0 Å². The van der Waals surface area contributed by atoms with Crippen LogP contribution in [0.2, 0.25) is 0 Å². The highest BCUT2D eigenvalue weighted by Crippen LogP contribution is 2.34. The Balaban J connectivity index is 2.31. The highest BCUT2D eigenvalue weighted by atomic mass is 79.9. The summed E-state index contributed by atoms with van der Waals surface area (Å²) < 4.78 is 14.2. The van der Waals surface area contributed by atoms with Gasteiger partial charge in [-0.05, 0) is 55.7 Å². The molecule has 0 fully saturated rings. The maximum atomic E-state index is 13.3. The summed E-state index contributed by atoms with van der Waals surface area (Å²) in [4.78, 5) is 13.3. The fourth-order valence-electron chi connectivity index (χ4n) is 3.54. The van der Waals surface area contributed by atoms with E-state index in [9.17, 15) is 19.4 Å². The van der Waals surface area contributed by atoms with Gasteiger partial charge in [-0.15, -0.1) is 6.58 Å². The summed E-state index contributed by atoms with van der Waals surface area (Å²) in [5.74, 6) is -0.395. The van der Waals surface area contributed by atoms with Gasteiger partial charge in [-0.25, -0.2) is 9.18 Å². The molecule has 0 spiro atoms. The molecule has 0 saturated carbocycles. The normalized spacial score (nSPS) is 15.3. The Hall–Kier alpha value is -2.18. The SMILES string of the molecule is C=CCC(O)(CC(C)N(C(=O)O)C(C)c1ccc(Br)cc1)c1ccc(F)cc1. The van der Waals surface area contributed by atoms with Gasteiger partial charge in [0.2, 0.25) is 0 Å². The van der Waals surface area contributed by atoms with Crippen molar-refractivity contribution in [2.24, 2.45) is 0 Å². The zero-order chi connectivity index (χ0) is 20.9. The van der Waals surface area contributed by atoms with Crippen molar-refractivity contribution in [1.29, 1.82) is 0 Å². The molecule has 1 amide bonds. The van der Waals surface area contributed by atoms with Crippen LogP contribution < -0.4 is 0 Å². The number of benzene rings is 2. The van der Waals surface area contributed by atoms with E-state index in [1.807, 2.05) is 31.2 Å². The minimum absolute atomic E-state index is 0.151. The van der Waals surface area contributed by atoms with Gasteiger partial charge in [0.25, 0.3) is 0 Å².